The van der Waals surface area contributed by atoms with Crippen LogP contribution in [0.15, 0.2) is 47.4 Å². The summed E-state index contributed by atoms with van der Waals surface area (Å²) in [5.74, 6) is 0. The largest absolute Gasteiger partial charge is 0.388 e. The van der Waals surface area contributed by atoms with E-state index in [1.807, 2.05) is 13.0 Å². The number of aromatic nitrogens is 5. The molecule has 120 valence electrons. The number of halogens is 1. The smallest absolute Gasteiger partial charge is 0.258 e. The number of fused-ring (bicyclic) bond motifs is 2. The molecule has 0 unspecified atom stereocenters. The Kier molecular flexibility index (Phi) is 3.42. The first-order chi connectivity index (χ1) is 11.6. The van der Waals surface area contributed by atoms with Crippen molar-refractivity contribution in [1.82, 2.24) is 24.5 Å². The van der Waals surface area contributed by atoms with Crippen LogP contribution in [-0.2, 0) is 6.61 Å². The molecule has 8 heteroatoms. The lowest BCUT2D eigenvalue weighted by atomic mass is 10.3. The van der Waals surface area contributed by atoms with Crippen LogP contribution in [0.3, 0.4) is 0 Å². The van der Waals surface area contributed by atoms with E-state index in [0.29, 0.717) is 27.4 Å². The molecular formula is C16H12ClN5O2. The lowest BCUT2D eigenvalue weighted by molar-refractivity contribution is 0.0731. The molecule has 0 fully saturated rings. The van der Waals surface area contributed by atoms with E-state index < -0.39 is 0 Å². The number of hydrogen-bond donors (Lipinski definition) is 0. The van der Waals surface area contributed by atoms with Gasteiger partial charge < -0.3 is 4.84 Å². The summed E-state index contributed by atoms with van der Waals surface area (Å²) in [7, 11) is 0. The number of nitrogens with zero attached hydrogens (tertiary/aromatic N) is 5. The molecule has 0 saturated carbocycles. The first-order valence-electron chi connectivity index (χ1n) is 7.23. The molecule has 1 aromatic carbocycles. The van der Waals surface area contributed by atoms with Crippen molar-refractivity contribution in [2.24, 2.45) is 0 Å². The van der Waals surface area contributed by atoms with E-state index in [2.05, 4.69) is 15.3 Å². The van der Waals surface area contributed by atoms with Crippen LogP contribution < -0.4 is 10.4 Å². The molecule has 0 N–H and O–H groups in total. The monoisotopic (exact) mass is 341 g/mol. The fourth-order valence-corrected chi connectivity index (χ4v) is 2.59. The maximum absolute atomic E-state index is 12.2. The van der Waals surface area contributed by atoms with E-state index in [4.69, 9.17) is 16.4 Å². The average Bonchev–Trinajstić information content (AvgIpc) is 2.96. The van der Waals surface area contributed by atoms with Crippen molar-refractivity contribution in [3.05, 3.63) is 69.2 Å². The lowest BCUT2D eigenvalue weighted by Gasteiger charge is -2.07. The quantitative estimate of drug-likeness (QED) is 0.570. The van der Waals surface area contributed by atoms with Crippen molar-refractivity contribution in [2.75, 3.05) is 0 Å². The minimum atomic E-state index is -0.159. The fourth-order valence-electron chi connectivity index (χ4n) is 2.43. The molecular weight excluding hydrogens is 330 g/mol. The number of rotatable bonds is 3. The average molecular weight is 342 g/mol. The van der Waals surface area contributed by atoms with E-state index in [-0.39, 0.29) is 12.2 Å². The Bertz CT molecular complexity index is 1120. The zero-order valence-electron chi connectivity index (χ0n) is 12.7. The molecule has 3 aromatic heterocycles. The number of benzene rings is 1. The topological polar surface area (TPSA) is 74.3 Å². The zero-order chi connectivity index (χ0) is 16.7. The van der Waals surface area contributed by atoms with Gasteiger partial charge in [-0.1, -0.05) is 22.5 Å². The van der Waals surface area contributed by atoms with E-state index >= 15 is 0 Å². The summed E-state index contributed by atoms with van der Waals surface area (Å²) in [6.07, 6.45) is 1.75. The molecule has 4 aromatic rings. The Morgan fingerprint density at radius 1 is 1.21 bits per heavy atom. The fraction of sp³-hybridized carbons (Fsp3) is 0.125. The van der Waals surface area contributed by atoms with Crippen LogP contribution in [0.5, 0.6) is 0 Å². The highest BCUT2D eigenvalue weighted by atomic mass is 35.5. The summed E-state index contributed by atoms with van der Waals surface area (Å²) >= 11 is 5.98. The van der Waals surface area contributed by atoms with Crippen molar-refractivity contribution in [3.8, 4) is 0 Å². The Hall–Kier alpha value is -2.93. The van der Waals surface area contributed by atoms with Gasteiger partial charge in [0, 0.05) is 17.3 Å². The molecule has 0 saturated heterocycles. The van der Waals surface area contributed by atoms with Crippen LogP contribution in [0.4, 0.5) is 0 Å². The second kappa shape index (κ2) is 5.61. The van der Waals surface area contributed by atoms with Gasteiger partial charge in [-0.15, -0.1) is 5.10 Å². The predicted octanol–water partition coefficient (Wildman–Crippen LogP) is 2.03. The second-order valence-electron chi connectivity index (χ2n) is 5.39. The summed E-state index contributed by atoms with van der Waals surface area (Å²) in [5.41, 5.74) is 3.22. The number of pyridine rings is 1. The maximum Gasteiger partial charge on any atom is 0.258 e. The lowest BCUT2D eigenvalue weighted by Crippen LogP contribution is -2.19. The van der Waals surface area contributed by atoms with Crippen molar-refractivity contribution in [1.29, 1.82) is 0 Å². The van der Waals surface area contributed by atoms with Gasteiger partial charge in [0.15, 0.2) is 6.61 Å². The van der Waals surface area contributed by atoms with Crippen molar-refractivity contribution < 1.29 is 4.84 Å². The van der Waals surface area contributed by atoms with Crippen LogP contribution >= 0.6 is 11.6 Å². The molecule has 3 heterocycles. The van der Waals surface area contributed by atoms with Gasteiger partial charge in [0.2, 0.25) is 0 Å². The highest BCUT2D eigenvalue weighted by molar-refractivity contribution is 6.31. The third-order valence-corrected chi connectivity index (χ3v) is 3.81. The molecule has 0 bridgehead atoms. The summed E-state index contributed by atoms with van der Waals surface area (Å²) in [6, 6.07) is 10.3. The molecule has 0 aliphatic rings. The van der Waals surface area contributed by atoms with Crippen LogP contribution in [0.2, 0.25) is 5.02 Å². The van der Waals surface area contributed by atoms with Crippen LogP contribution in [-0.4, -0.2) is 24.5 Å². The Morgan fingerprint density at radius 2 is 2.08 bits per heavy atom. The molecule has 0 aliphatic heterocycles. The van der Waals surface area contributed by atoms with Gasteiger partial charge in [-0.25, -0.2) is 4.98 Å². The van der Waals surface area contributed by atoms with Gasteiger partial charge in [0.25, 0.3) is 5.56 Å². The summed E-state index contributed by atoms with van der Waals surface area (Å²) in [5, 5.41) is 8.48. The molecule has 4 rings (SSSR count). The van der Waals surface area contributed by atoms with Crippen LogP contribution in [0.1, 0.15) is 11.3 Å². The molecule has 0 spiro atoms. The number of hydrogen-bond acceptors (Lipinski definition) is 5. The van der Waals surface area contributed by atoms with E-state index in [1.54, 1.807) is 30.5 Å². The molecule has 24 heavy (non-hydrogen) atoms. The number of aryl methyl sites for hydroxylation is 1. The highest BCUT2D eigenvalue weighted by Gasteiger charge is 2.08. The van der Waals surface area contributed by atoms with Gasteiger partial charge in [0.05, 0.1) is 5.69 Å². The zero-order valence-corrected chi connectivity index (χ0v) is 13.4. The van der Waals surface area contributed by atoms with E-state index in [0.717, 1.165) is 5.56 Å². The standard InChI is InChI=1S/C16H12ClN5O2/c1-10-2-5-15-18-12(7-16(23)21(15)8-10)9-24-22-14-6-11(17)3-4-13(14)19-20-22/h2-8H,9H2,1H3. The highest BCUT2D eigenvalue weighted by Crippen LogP contribution is 2.16. The first kappa shape index (κ1) is 14.6. The minimum Gasteiger partial charge on any atom is -0.388 e. The molecule has 7 nitrogen and oxygen atoms in total. The summed E-state index contributed by atoms with van der Waals surface area (Å²) < 4.78 is 1.50. The normalized spacial score (nSPS) is 11.2. The Balaban J connectivity index is 1.65. The SMILES string of the molecule is Cc1ccc2nc(COn3nnc4ccc(Cl)cc43)cc(=O)n2c1. The van der Waals surface area contributed by atoms with Crippen molar-refractivity contribution in [2.45, 2.75) is 13.5 Å². The summed E-state index contributed by atoms with van der Waals surface area (Å²) in [4.78, 5) is 23.5. The van der Waals surface area contributed by atoms with Gasteiger partial charge in [-0.3, -0.25) is 9.20 Å². The van der Waals surface area contributed by atoms with E-state index in [9.17, 15) is 4.79 Å². The maximum atomic E-state index is 12.2. The molecule has 0 aliphatic carbocycles. The Labute approximate surface area is 141 Å². The van der Waals surface area contributed by atoms with Crippen molar-refractivity contribution >= 4 is 28.3 Å². The van der Waals surface area contributed by atoms with Gasteiger partial charge in [0.1, 0.15) is 16.7 Å². The van der Waals surface area contributed by atoms with Crippen LogP contribution in [0.25, 0.3) is 16.7 Å². The second-order valence-corrected chi connectivity index (χ2v) is 5.83. The third kappa shape index (κ3) is 2.59. The predicted molar refractivity (Wildman–Crippen MR) is 89.0 cm³/mol. The van der Waals surface area contributed by atoms with Gasteiger partial charge in [-0.2, -0.15) is 0 Å². The third-order valence-electron chi connectivity index (χ3n) is 3.57. The first-order valence-corrected chi connectivity index (χ1v) is 7.61. The summed E-state index contributed by atoms with van der Waals surface area (Å²) in [6.45, 7) is 2.01. The van der Waals surface area contributed by atoms with Gasteiger partial charge >= 0.3 is 0 Å². The molecule has 0 atom stereocenters. The van der Waals surface area contributed by atoms with Crippen LogP contribution in [0, 0.1) is 6.92 Å². The Morgan fingerprint density at radius 3 is 2.96 bits per heavy atom. The van der Waals surface area contributed by atoms with Gasteiger partial charge in [-0.05, 0) is 42.0 Å². The van der Waals surface area contributed by atoms with Crippen molar-refractivity contribution in [3.63, 3.8) is 0 Å². The molecule has 0 radical (unpaired) electrons. The van der Waals surface area contributed by atoms with E-state index in [1.165, 1.54) is 15.3 Å². The minimum absolute atomic E-state index is 0.0879. The molecule has 0 amide bonds.